The number of esters is 1. The van der Waals surface area contributed by atoms with Gasteiger partial charge in [-0.15, -0.1) is 0 Å². The fourth-order valence-electron chi connectivity index (χ4n) is 1.47. The van der Waals surface area contributed by atoms with E-state index in [0.29, 0.717) is 0 Å². The summed E-state index contributed by atoms with van der Waals surface area (Å²) in [5.74, 6) is -0.103. The predicted molar refractivity (Wildman–Crippen MR) is 56.9 cm³/mol. The lowest BCUT2D eigenvalue weighted by atomic mass is 9.96. The van der Waals surface area contributed by atoms with Crippen LogP contribution < -0.4 is 0 Å². The Morgan fingerprint density at radius 3 is 2.64 bits per heavy atom. The highest BCUT2D eigenvalue weighted by atomic mass is 16.5. The monoisotopic (exact) mass is 196 g/mol. The quantitative estimate of drug-likeness (QED) is 0.476. The van der Waals surface area contributed by atoms with Crippen LogP contribution in [0.3, 0.4) is 0 Å². The van der Waals surface area contributed by atoms with Crippen molar-refractivity contribution >= 4 is 5.97 Å². The molecule has 1 rings (SSSR count). The van der Waals surface area contributed by atoms with Crippen LogP contribution >= 0.6 is 0 Å². The summed E-state index contributed by atoms with van der Waals surface area (Å²) in [5, 5.41) is 0. The highest BCUT2D eigenvalue weighted by Gasteiger charge is 2.26. The molecule has 1 atom stereocenters. The van der Waals surface area contributed by atoms with E-state index in [4.69, 9.17) is 4.74 Å². The van der Waals surface area contributed by atoms with Crippen LogP contribution in [-0.2, 0) is 9.53 Å². The van der Waals surface area contributed by atoms with Gasteiger partial charge in [-0.1, -0.05) is 5.57 Å². The molecular weight excluding hydrogens is 176 g/mol. The SMILES string of the molecule is CC1=CC(OC(=O)C(C)(C)C)CCC1. The van der Waals surface area contributed by atoms with Gasteiger partial charge >= 0.3 is 5.97 Å². The molecule has 0 aromatic rings. The zero-order valence-electron chi connectivity index (χ0n) is 9.59. The van der Waals surface area contributed by atoms with Gasteiger partial charge in [0.2, 0.25) is 0 Å². The maximum absolute atomic E-state index is 11.6. The molecule has 0 amide bonds. The van der Waals surface area contributed by atoms with Gasteiger partial charge in [0, 0.05) is 0 Å². The Kier molecular flexibility index (Phi) is 3.35. The Balaban J connectivity index is 2.53. The first-order valence-electron chi connectivity index (χ1n) is 5.28. The van der Waals surface area contributed by atoms with Crippen LogP contribution in [0, 0.1) is 5.41 Å². The average Bonchev–Trinajstić information content (AvgIpc) is 2.02. The maximum atomic E-state index is 11.6. The molecule has 2 heteroatoms. The summed E-state index contributed by atoms with van der Waals surface area (Å²) in [6.07, 6.45) is 5.33. The van der Waals surface area contributed by atoms with Crippen molar-refractivity contribution in [2.24, 2.45) is 5.41 Å². The molecule has 0 N–H and O–H groups in total. The highest BCUT2D eigenvalue weighted by Crippen LogP contribution is 2.23. The van der Waals surface area contributed by atoms with E-state index in [-0.39, 0.29) is 17.5 Å². The first kappa shape index (κ1) is 11.3. The second kappa shape index (κ2) is 4.16. The predicted octanol–water partition coefficient (Wildman–Crippen LogP) is 3.07. The Morgan fingerprint density at radius 1 is 1.50 bits per heavy atom. The van der Waals surface area contributed by atoms with Crippen molar-refractivity contribution in [3.63, 3.8) is 0 Å². The lowest BCUT2D eigenvalue weighted by Crippen LogP contribution is -2.28. The van der Waals surface area contributed by atoms with Crippen LogP contribution in [0.2, 0.25) is 0 Å². The average molecular weight is 196 g/mol. The van der Waals surface area contributed by atoms with Crippen molar-refractivity contribution in [2.45, 2.75) is 53.1 Å². The van der Waals surface area contributed by atoms with Gasteiger partial charge in [0.1, 0.15) is 6.10 Å². The van der Waals surface area contributed by atoms with Gasteiger partial charge in [0.05, 0.1) is 5.41 Å². The van der Waals surface area contributed by atoms with E-state index in [9.17, 15) is 4.79 Å². The minimum atomic E-state index is -0.390. The molecule has 1 aliphatic rings. The van der Waals surface area contributed by atoms with Crippen LogP contribution in [-0.4, -0.2) is 12.1 Å². The zero-order chi connectivity index (χ0) is 10.8. The first-order chi connectivity index (χ1) is 6.39. The van der Waals surface area contributed by atoms with Crippen molar-refractivity contribution in [3.05, 3.63) is 11.6 Å². The summed E-state index contributed by atoms with van der Waals surface area (Å²) in [4.78, 5) is 11.6. The summed E-state index contributed by atoms with van der Waals surface area (Å²) >= 11 is 0. The minimum Gasteiger partial charge on any atom is -0.458 e. The molecule has 14 heavy (non-hydrogen) atoms. The van der Waals surface area contributed by atoms with Crippen LogP contribution in [0.15, 0.2) is 11.6 Å². The van der Waals surface area contributed by atoms with E-state index in [2.05, 4.69) is 13.0 Å². The van der Waals surface area contributed by atoms with E-state index >= 15 is 0 Å². The topological polar surface area (TPSA) is 26.3 Å². The standard InChI is InChI=1S/C12H20O2/c1-9-6-5-7-10(8-9)14-11(13)12(2,3)4/h8,10H,5-7H2,1-4H3. The summed E-state index contributed by atoms with van der Waals surface area (Å²) in [6.45, 7) is 7.75. The van der Waals surface area contributed by atoms with E-state index < -0.39 is 0 Å². The summed E-state index contributed by atoms with van der Waals surface area (Å²) in [7, 11) is 0. The molecular formula is C12H20O2. The highest BCUT2D eigenvalue weighted by molar-refractivity contribution is 5.75. The van der Waals surface area contributed by atoms with Gasteiger partial charge < -0.3 is 4.74 Å². The molecule has 0 radical (unpaired) electrons. The number of carbonyl (C=O) groups is 1. The second-order valence-electron chi connectivity index (χ2n) is 5.10. The van der Waals surface area contributed by atoms with Crippen molar-refractivity contribution in [3.8, 4) is 0 Å². The molecule has 0 aliphatic heterocycles. The normalized spacial score (nSPS) is 22.9. The third-order valence-corrected chi connectivity index (χ3v) is 2.40. The van der Waals surface area contributed by atoms with E-state index in [1.807, 2.05) is 20.8 Å². The van der Waals surface area contributed by atoms with E-state index in [1.54, 1.807) is 0 Å². The van der Waals surface area contributed by atoms with Crippen LogP contribution in [0.5, 0.6) is 0 Å². The summed E-state index contributed by atoms with van der Waals surface area (Å²) in [5.41, 5.74) is 0.946. The molecule has 1 aliphatic carbocycles. The summed E-state index contributed by atoms with van der Waals surface area (Å²) < 4.78 is 5.41. The van der Waals surface area contributed by atoms with Gasteiger partial charge in [-0.25, -0.2) is 0 Å². The van der Waals surface area contributed by atoms with E-state index in [0.717, 1.165) is 19.3 Å². The van der Waals surface area contributed by atoms with Crippen molar-refractivity contribution in [1.82, 2.24) is 0 Å². The van der Waals surface area contributed by atoms with E-state index in [1.165, 1.54) is 5.57 Å². The van der Waals surface area contributed by atoms with Crippen LogP contribution in [0.25, 0.3) is 0 Å². The maximum Gasteiger partial charge on any atom is 0.311 e. The first-order valence-corrected chi connectivity index (χ1v) is 5.28. The number of ether oxygens (including phenoxy) is 1. The molecule has 0 aromatic carbocycles. The molecule has 0 saturated carbocycles. The lowest BCUT2D eigenvalue weighted by Gasteiger charge is -2.24. The molecule has 0 heterocycles. The van der Waals surface area contributed by atoms with Gasteiger partial charge in [0.25, 0.3) is 0 Å². The third-order valence-electron chi connectivity index (χ3n) is 2.40. The zero-order valence-corrected chi connectivity index (χ0v) is 9.59. The Morgan fingerprint density at radius 2 is 2.14 bits per heavy atom. The van der Waals surface area contributed by atoms with Crippen LogP contribution in [0.1, 0.15) is 47.0 Å². The molecule has 0 fully saturated rings. The van der Waals surface area contributed by atoms with Crippen LogP contribution in [0.4, 0.5) is 0 Å². The molecule has 0 saturated heterocycles. The molecule has 80 valence electrons. The number of carbonyl (C=O) groups excluding carboxylic acids is 1. The van der Waals surface area contributed by atoms with Crippen molar-refractivity contribution in [1.29, 1.82) is 0 Å². The third kappa shape index (κ3) is 3.17. The number of hydrogen-bond acceptors (Lipinski definition) is 2. The summed E-state index contributed by atoms with van der Waals surface area (Å²) in [6, 6.07) is 0. The fourth-order valence-corrected chi connectivity index (χ4v) is 1.47. The number of allylic oxidation sites excluding steroid dienone is 1. The minimum absolute atomic E-state index is 0.00970. The van der Waals surface area contributed by atoms with Gasteiger partial charge in [0.15, 0.2) is 0 Å². The molecule has 0 spiro atoms. The molecule has 0 bridgehead atoms. The Labute approximate surface area is 86.3 Å². The van der Waals surface area contributed by atoms with Gasteiger partial charge in [-0.2, -0.15) is 0 Å². The van der Waals surface area contributed by atoms with Crippen molar-refractivity contribution < 1.29 is 9.53 Å². The Hall–Kier alpha value is -0.790. The smallest absolute Gasteiger partial charge is 0.311 e. The molecule has 0 aromatic heterocycles. The fraction of sp³-hybridized carbons (Fsp3) is 0.750. The number of hydrogen-bond donors (Lipinski definition) is 0. The van der Waals surface area contributed by atoms with Gasteiger partial charge in [-0.3, -0.25) is 4.79 Å². The number of rotatable bonds is 1. The lowest BCUT2D eigenvalue weighted by molar-refractivity contribution is -0.156. The molecule has 1 unspecified atom stereocenters. The van der Waals surface area contributed by atoms with Crippen molar-refractivity contribution in [2.75, 3.05) is 0 Å². The largest absolute Gasteiger partial charge is 0.458 e. The second-order valence-corrected chi connectivity index (χ2v) is 5.10. The molecule has 2 nitrogen and oxygen atoms in total. The van der Waals surface area contributed by atoms with Gasteiger partial charge in [-0.05, 0) is 53.0 Å². The Bertz CT molecular complexity index is 246.